The van der Waals surface area contributed by atoms with Crippen LogP contribution in [0.15, 0.2) is 11.4 Å². The molecule has 114 valence electrons. The smallest absolute Gasteiger partial charge is 0.220 e. The number of carbonyl (C=O) groups excluding carboxylic acids is 1. The number of aliphatic hydroxyl groups excluding tert-OH is 1. The van der Waals surface area contributed by atoms with Gasteiger partial charge in [0.2, 0.25) is 5.91 Å². The van der Waals surface area contributed by atoms with Crippen LogP contribution in [0, 0.1) is 17.8 Å². The average molecular weight is 305 g/mol. The van der Waals surface area contributed by atoms with E-state index >= 15 is 0 Å². The van der Waals surface area contributed by atoms with Crippen molar-refractivity contribution in [3.8, 4) is 11.8 Å². The Labute approximate surface area is 130 Å². The molecule has 1 aromatic heterocycles. The molecule has 0 saturated heterocycles. The summed E-state index contributed by atoms with van der Waals surface area (Å²) in [5, 5.41) is 13.7. The number of hydrogen-bond acceptors (Lipinski definition) is 3. The Bertz CT molecular complexity index is 504. The van der Waals surface area contributed by atoms with Crippen LogP contribution in [0.1, 0.15) is 55.4 Å². The van der Waals surface area contributed by atoms with Crippen LogP contribution in [-0.2, 0) is 11.3 Å². The van der Waals surface area contributed by atoms with Gasteiger partial charge < -0.3 is 10.4 Å². The van der Waals surface area contributed by atoms with Gasteiger partial charge in [-0.3, -0.25) is 4.79 Å². The van der Waals surface area contributed by atoms with Crippen LogP contribution in [0.2, 0.25) is 0 Å². The van der Waals surface area contributed by atoms with E-state index in [0.717, 1.165) is 10.4 Å². The Hall–Kier alpha value is -1.31. The van der Waals surface area contributed by atoms with Crippen molar-refractivity contribution in [1.82, 2.24) is 5.32 Å². The summed E-state index contributed by atoms with van der Waals surface area (Å²) in [7, 11) is 0. The molecule has 0 aromatic carbocycles. The number of thiophene rings is 1. The number of carbonyl (C=O) groups is 1. The van der Waals surface area contributed by atoms with Crippen molar-refractivity contribution < 1.29 is 9.90 Å². The lowest BCUT2D eigenvalue weighted by Crippen LogP contribution is -2.25. The van der Waals surface area contributed by atoms with Crippen LogP contribution >= 0.6 is 11.3 Å². The number of amides is 1. The van der Waals surface area contributed by atoms with Gasteiger partial charge in [0.05, 0.1) is 6.54 Å². The molecule has 0 atom stereocenters. The van der Waals surface area contributed by atoms with Crippen LogP contribution in [-0.4, -0.2) is 17.6 Å². The van der Waals surface area contributed by atoms with Crippen molar-refractivity contribution in [1.29, 1.82) is 0 Å². The Morgan fingerprint density at radius 3 is 2.81 bits per heavy atom. The summed E-state index contributed by atoms with van der Waals surface area (Å²) in [5.41, 5.74) is 0.906. The molecular weight excluding hydrogens is 282 g/mol. The average Bonchev–Trinajstić information content (AvgIpc) is 2.78. The van der Waals surface area contributed by atoms with Gasteiger partial charge in [-0.2, -0.15) is 0 Å². The van der Waals surface area contributed by atoms with Crippen LogP contribution in [0.25, 0.3) is 0 Å². The number of rotatable bonds is 4. The fourth-order valence-electron chi connectivity index (χ4n) is 2.80. The highest BCUT2D eigenvalue weighted by molar-refractivity contribution is 7.10. The molecule has 0 aliphatic heterocycles. The molecule has 1 fully saturated rings. The van der Waals surface area contributed by atoms with Gasteiger partial charge in [0.1, 0.15) is 6.61 Å². The largest absolute Gasteiger partial charge is 0.384 e. The predicted octanol–water partition coefficient (Wildman–Crippen LogP) is 3.07. The minimum atomic E-state index is -0.136. The van der Waals surface area contributed by atoms with Crippen molar-refractivity contribution in [3.05, 3.63) is 21.9 Å². The Morgan fingerprint density at radius 1 is 1.33 bits per heavy atom. The third-order valence-corrected chi connectivity index (χ3v) is 4.86. The molecule has 2 N–H and O–H groups in total. The second-order valence-corrected chi connectivity index (χ2v) is 6.56. The molecular formula is C17H23NO2S. The van der Waals surface area contributed by atoms with Gasteiger partial charge in [-0.1, -0.05) is 37.5 Å². The molecule has 1 saturated carbocycles. The van der Waals surface area contributed by atoms with E-state index in [0.29, 0.717) is 18.9 Å². The zero-order chi connectivity index (χ0) is 14.9. The van der Waals surface area contributed by atoms with Crippen molar-refractivity contribution in [2.24, 2.45) is 5.92 Å². The standard InChI is InChI=1S/C17H23NO2S/c19-10-5-8-15-9-11-21-16(15)13-18-17(20)12-14-6-3-1-2-4-7-14/h9,11,14,19H,1-4,6-7,10,12-13H2,(H,18,20). The van der Waals surface area contributed by atoms with Gasteiger partial charge in [-0.25, -0.2) is 0 Å². The maximum absolute atomic E-state index is 12.1. The maximum Gasteiger partial charge on any atom is 0.220 e. The van der Waals surface area contributed by atoms with E-state index in [1.54, 1.807) is 11.3 Å². The Balaban J connectivity index is 1.79. The van der Waals surface area contributed by atoms with Gasteiger partial charge in [-0.15, -0.1) is 11.3 Å². The molecule has 2 rings (SSSR count). The molecule has 0 radical (unpaired) electrons. The summed E-state index contributed by atoms with van der Waals surface area (Å²) in [6.45, 7) is 0.405. The third-order valence-electron chi connectivity index (χ3n) is 3.94. The minimum Gasteiger partial charge on any atom is -0.384 e. The third kappa shape index (κ3) is 5.53. The fourth-order valence-corrected chi connectivity index (χ4v) is 3.57. The highest BCUT2D eigenvalue weighted by Gasteiger charge is 2.16. The molecule has 1 amide bonds. The van der Waals surface area contributed by atoms with Crippen LogP contribution < -0.4 is 5.32 Å². The van der Waals surface area contributed by atoms with Gasteiger partial charge in [0.15, 0.2) is 0 Å². The van der Waals surface area contributed by atoms with E-state index in [1.807, 2.05) is 11.4 Å². The second-order valence-electron chi connectivity index (χ2n) is 5.56. The second kappa shape index (κ2) is 8.86. The van der Waals surface area contributed by atoms with E-state index in [4.69, 9.17) is 5.11 Å². The van der Waals surface area contributed by atoms with E-state index in [1.165, 1.54) is 38.5 Å². The summed E-state index contributed by atoms with van der Waals surface area (Å²) in [6.07, 6.45) is 8.22. The summed E-state index contributed by atoms with van der Waals surface area (Å²) in [6, 6.07) is 1.93. The number of aliphatic hydroxyl groups is 1. The van der Waals surface area contributed by atoms with Crippen molar-refractivity contribution >= 4 is 17.2 Å². The number of hydrogen-bond donors (Lipinski definition) is 2. The molecule has 1 heterocycles. The highest BCUT2D eigenvalue weighted by atomic mass is 32.1. The highest BCUT2D eigenvalue weighted by Crippen LogP contribution is 2.25. The molecule has 1 aliphatic carbocycles. The Morgan fingerprint density at radius 2 is 2.10 bits per heavy atom. The lowest BCUT2D eigenvalue weighted by molar-refractivity contribution is -0.122. The zero-order valence-corrected chi connectivity index (χ0v) is 13.2. The van der Waals surface area contributed by atoms with Crippen LogP contribution in [0.3, 0.4) is 0 Å². The first-order valence-electron chi connectivity index (χ1n) is 7.72. The normalized spacial score (nSPS) is 15.9. The molecule has 0 bridgehead atoms. The van der Waals surface area contributed by atoms with Gasteiger partial charge >= 0.3 is 0 Å². The van der Waals surface area contributed by atoms with Crippen molar-refractivity contribution in [2.75, 3.05) is 6.61 Å². The molecule has 3 nitrogen and oxygen atoms in total. The van der Waals surface area contributed by atoms with E-state index in [2.05, 4.69) is 17.2 Å². The first-order chi connectivity index (χ1) is 10.3. The summed E-state index contributed by atoms with van der Waals surface area (Å²) in [5.74, 6) is 6.28. The van der Waals surface area contributed by atoms with E-state index < -0.39 is 0 Å². The predicted molar refractivity (Wildman–Crippen MR) is 85.9 cm³/mol. The monoisotopic (exact) mass is 305 g/mol. The maximum atomic E-state index is 12.1. The topological polar surface area (TPSA) is 49.3 Å². The van der Waals surface area contributed by atoms with E-state index in [9.17, 15) is 4.79 Å². The van der Waals surface area contributed by atoms with Crippen LogP contribution in [0.4, 0.5) is 0 Å². The summed E-state index contributed by atoms with van der Waals surface area (Å²) >= 11 is 1.59. The lowest BCUT2D eigenvalue weighted by atomic mass is 9.96. The first-order valence-corrected chi connectivity index (χ1v) is 8.60. The molecule has 21 heavy (non-hydrogen) atoms. The molecule has 1 aliphatic rings. The first kappa shape index (κ1) is 16.1. The summed E-state index contributed by atoms with van der Waals surface area (Å²) < 4.78 is 0. The quantitative estimate of drug-likeness (QED) is 0.663. The van der Waals surface area contributed by atoms with E-state index in [-0.39, 0.29) is 12.5 Å². The van der Waals surface area contributed by atoms with Gasteiger partial charge in [0, 0.05) is 16.9 Å². The SMILES string of the molecule is O=C(CC1CCCCCC1)NCc1sccc1C#CCO. The van der Waals surface area contributed by atoms with Gasteiger partial charge in [0.25, 0.3) is 0 Å². The number of nitrogens with one attached hydrogen (secondary N) is 1. The molecule has 4 heteroatoms. The lowest BCUT2D eigenvalue weighted by Gasteiger charge is -2.13. The van der Waals surface area contributed by atoms with Crippen molar-refractivity contribution in [3.63, 3.8) is 0 Å². The molecule has 0 unspecified atom stereocenters. The fraction of sp³-hybridized carbons (Fsp3) is 0.588. The summed E-state index contributed by atoms with van der Waals surface area (Å²) in [4.78, 5) is 13.1. The molecule has 0 spiro atoms. The zero-order valence-electron chi connectivity index (χ0n) is 12.4. The van der Waals surface area contributed by atoms with Gasteiger partial charge in [-0.05, 0) is 30.2 Å². The Kier molecular flexibility index (Phi) is 6.78. The van der Waals surface area contributed by atoms with Crippen LogP contribution in [0.5, 0.6) is 0 Å². The molecule has 1 aromatic rings. The minimum absolute atomic E-state index is 0.136. The van der Waals surface area contributed by atoms with Crippen molar-refractivity contribution in [2.45, 2.75) is 51.5 Å².